The molecule has 5 heteroatoms. The Bertz CT molecular complexity index is 727. The van der Waals surface area contributed by atoms with Crippen LogP contribution in [0.2, 0.25) is 0 Å². The largest absolute Gasteiger partial charge is 0.490 e. The van der Waals surface area contributed by atoms with Crippen LogP contribution < -0.4 is 10.1 Å². The predicted molar refractivity (Wildman–Crippen MR) is 106 cm³/mol. The molecule has 0 aliphatic carbocycles. The van der Waals surface area contributed by atoms with Crippen LogP contribution in [0.4, 0.5) is 0 Å². The molecule has 0 radical (unpaired) electrons. The van der Waals surface area contributed by atoms with Crippen LogP contribution in [-0.2, 0) is 4.74 Å². The van der Waals surface area contributed by atoms with Crippen molar-refractivity contribution in [3.8, 4) is 5.75 Å². The Hall–Kier alpha value is -2.37. The van der Waals surface area contributed by atoms with Gasteiger partial charge in [-0.2, -0.15) is 0 Å². The van der Waals surface area contributed by atoms with Crippen LogP contribution in [0.15, 0.2) is 54.6 Å². The van der Waals surface area contributed by atoms with Gasteiger partial charge < -0.3 is 19.7 Å². The fraction of sp³-hybridized carbons (Fsp3) is 0.409. The molecule has 2 aromatic carbocycles. The standard InChI is InChI=1S/C22H28N2O3/c1-24(2)20(17-9-4-3-5-10-17)15-23-22(25)19-12-6-7-13-21(19)27-16-18-11-8-14-26-18/h3-7,9-10,12-13,18,20H,8,11,14-16H2,1-2H3,(H,23,25). The van der Waals surface area contributed by atoms with Crippen LogP contribution in [0.25, 0.3) is 0 Å². The number of likely N-dealkylation sites (N-methyl/N-ethyl adjacent to an activating group) is 1. The molecule has 0 saturated carbocycles. The van der Waals surface area contributed by atoms with E-state index in [0.717, 1.165) is 19.4 Å². The van der Waals surface area contributed by atoms with E-state index < -0.39 is 0 Å². The molecule has 2 atom stereocenters. The molecule has 1 fully saturated rings. The van der Waals surface area contributed by atoms with Crippen LogP contribution in [0, 0.1) is 0 Å². The van der Waals surface area contributed by atoms with Gasteiger partial charge in [0.25, 0.3) is 5.91 Å². The molecule has 0 bridgehead atoms. The summed E-state index contributed by atoms with van der Waals surface area (Å²) in [5, 5.41) is 3.06. The Morgan fingerprint density at radius 1 is 1.19 bits per heavy atom. The molecule has 1 aliphatic heterocycles. The van der Waals surface area contributed by atoms with E-state index >= 15 is 0 Å². The lowest BCUT2D eigenvalue weighted by Crippen LogP contribution is -2.34. The molecule has 2 unspecified atom stereocenters. The van der Waals surface area contributed by atoms with Gasteiger partial charge in [-0.05, 0) is 44.6 Å². The van der Waals surface area contributed by atoms with E-state index in [9.17, 15) is 4.79 Å². The third-order valence-electron chi connectivity index (χ3n) is 4.84. The minimum absolute atomic E-state index is 0.107. The Labute approximate surface area is 161 Å². The smallest absolute Gasteiger partial charge is 0.255 e. The van der Waals surface area contributed by atoms with Crippen LogP contribution in [0.3, 0.4) is 0 Å². The number of nitrogens with one attached hydrogen (secondary N) is 1. The first-order valence-corrected chi connectivity index (χ1v) is 9.48. The molecule has 1 amide bonds. The fourth-order valence-corrected chi connectivity index (χ4v) is 3.30. The zero-order chi connectivity index (χ0) is 19.1. The molecule has 1 aliphatic rings. The molecule has 0 aromatic heterocycles. The molecule has 1 saturated heterocycles. The van der Waals surface area contributed by atoms with Crippen molar-refractivity contribution in [1.29, 1.82) is 0 Å². The van der Waals surface area contributed by atoms with Gasteiger partial charge in [-0.25, -0.2) is 0 Å². The van der Waals surface area contributed by atoms with E-state index in [4.69, 9.17) is 9.47 Å². The minimum Gasteiger partial charge on any atom is -0.490 e. The number of hydrogen-bond donors (Lipinski definition) is 1. The highest BCUT2D eigenvalue weighted by atomic mass is 16.5. The zero-order valence-corrected chi connectivity index (χ0v) is 16.1. The number of carbonyl (C=O) groups excluding carboxylic acids is 1. The summed E-state index contributed by atoms with van der Waals surface area (Å²) in [5.41, 5.74) is 1.73. The number of nitrogens with zero attached hydrogens (tertiary/aromatic N) is 1. The Morgan fingerprint density at radius 2 is 1.93 bits per heavy atom. The van der Waals surface area contributed by atoms with Crippen molar-refractivity contribution >= 4 is 5.91 Å². The number of rotatable bonds is 8. The van der Waals surface area contributed by atoms with Gasteiger partial charge in [0, 0.05) is 13.2 Å². The highest BCUT2D eigenvalue weighted by Crippen LogP contribution is 2.21. The summed E-state index contributed by atoms with van der Waals surface area (Å²) >= 11 is 0. The first-order chi connectivity index (χ1) is 13.1. The normalized spacial score (nSPS) is 17.7. The highest BCUT2D eigenvalue weighted by molar-refractivity contribution is 5.96. The summed E-state index contributed by atoms with van der Waals surface area (Å²) in [4.78, 5) is 14.9. The topological polar surface area (TPSA) is 50.8 Å². The van der Waals surface area contributed by atoms with E-state index in [2.05, 4.69) is 22.3 Å². The first kappa shape index (κ1) is 19.4. The number of carbonyl (C=O) groups is 1. The van der Waals surface area contributed by atoms with Crippen molar-refractivity contribution < 1.29 is 14.3 Å². The number of benzene rings is 2. The van der Waals surface area contributed by atoms with E-state index in [1.165, 1.54) is 5.56 Å². The van der Waals surface area contributed by atoms with Crippen molar-refractivity contribution in [2.45, 2.75) is 25.0 Å². The van der Waals surface area contributed by atoms with E-state index in [1.807, 2.05) is 50.5 Å². The summed E-state index contributed by atoms with van der Waals surface area (Å²) in [6, 6.07) is 17.7. The molecule has 3 rings (SSSR count). The Balaban J connectivity index is 1.63. The SMILES string of the molecule is CN(C)C(CNC(=O)c1ccccc1OCC1CCCO1)c1ccccc1. The van der Waals surface area contributed by atoms with Gasteiger partial charge >= 0.3 is 0 Å². The molecule has 1 N–H and O–H groups in total. The molecular weight excluding hydrogens is 340 g/mol. The summed E-state index contributed by atoms with van der Waals surface area (Å²) < 4.78 is 11.5. The van der Waals surface area contributed by atoms with Crippen molar-refractivity contribution in [1.82, 2.24) is 10.2 Å². The zero-order valence-electron chi connectivity index (χ0n) is 16.1. The maximum Gasteiger partial charge on any atom is 0.255 e. The average Bonchev–Trinajstić information content (AvgIpc) is 3.21. The minimum atomic E-state index is -0.124. The second-order valence-electron chi connectivity index (χ2n) is 7.04. The van der Waals surface area contributed by atoms with Gasteiger partial charge in [-0.15, -0.1) is 0 Å². The van der Waals surface area contributed by atoms with Crippen LogP contribution in [0.1, 0.15) is 34.8 Å². The summed E-state index contributed by atoms with van der Waals surface area (Å²) in [5.74, 6) is 0.479. The summed E-state index contributed by atoms with van der Waals surface area (Å²) in [6.45, 7) is 1.80. The van der Waals surface area contributed by atoms with Gasteiger partial charge in [0.15, 0.2) is 0 Å². The van der Waals surface area contributed by atoms with E-state index in [0.29, 0.717) is 24.5 Å². The highest BCUT2D eigenvalue weighted by Gasteiger charge is 2.20. The van der Waals surface area contributed by atoms with Crippen LogP contribution in [-0.4, -0.2) is 50.8 Å². The fourth-order valence-electron chi connectivity index (χ4n) is 3.30. The van der Waals surface area contributed by atoms with E-state index in [1.54, 1.807) is 6.07 Å². The van der Waals surface area contributed by atoms with Gasteiger partial charge in [-0.1, -0.05) is 42.5 Å². The van der Waals surface area contributed by atoms with Gasteiger partial charge in [0.2, 0.25) is 0 Å². The molecule has 2 aromatic rings. The quantitative estimate of drug-likeness (QED) is 0.777. The average molecular weight is 368 g/mol. The third kappa shape index (κ3) is 5.31. The third-order valence-corrected chi connectivity index (χ3v) is 4.84. The molecule has 5 nitrogen and oxygen atoms in total. The first-order valence-electron chi connectivity index (χ1n) is 9.48. The maximum absolute atomic E-state index is 12.8. The van der Waals surface area contributed by atoms with Crippen LogP contribution in [0.5, 0.6) is 5.75 Å². The molecule has 144 valence electrons. The summed E-state index contributed by atoms with van der Waals surface area (Å²) in [7, 11) is 4.03. The van der Waals surface area contributed by atoms with Crippen LogP contribution >= 0.6 is 0 Å². The second-order valence-corrected chi connectivity index (χ2v) is 7.04. The lowest BCUT2D eigenvalue weighted by molar-refractivity contribution is 0.0670. The van der Waals surface area contributed by atoms with Crippen molar-refractivity contribution in [3.63, 3.8) is 0 Å². The lowest BCUT2D eigenvalue weighted by Gasteiger charge is -2.25. The van der Waals surface area contributed by atoms with Crippen molar-refractivity contribution in [2.75, 3.05) is 33.9 Å². The number of hydrogen-bond acceptors (Lipinski definition) is 4. The van der Waals surface area contributed by atoms with Gasteiger partial charge in [-0.3, -0.25) is 4.79 Å². The summed E-state index contributed by atoms with van der Waals surface area (Å²) in [6.07, 6.45) is 2.20. The second kappa shape index (κ2) is 9.53. The predicted octanol–water partition coefficient (Wildman–Crippen LogP) is 3.28. The van der Waals surface area contributed by atoms with Gasteiger partial charge in [0.05, 0.1) is 17.7 Å². The monoisotopic (exact) mass is 368 g/mol. The lowest BCUT2D eigenvalue weighted by atomic mass is 10.1. The molecule has 27 heavy (non-hydrogen) atoms. The number of para-hydroxylation sites is 1. The van der Waals surface area contributed by atoms with Gasteiger partial charge in [0.1, 0.15) is 12.4 Å². The number of ether oxygens (including phenoxy) is 2. The Kier molecular flexibility index (Phi) is 6.85. The van der Waals surface area contributed by atoms with Crippen molar-refractivity contribution in [3.05, 3.63) is 65.7 Å². The Morgan fingerprint density at radius 3 is 2.63 bits per heavy atom. The molecule has 0 spiro atoms. The van der Waals surface area contributed by atoms with Crippen molar-refractivity contribution in [2.24, 2.45) is 0 Å². The molecule has 1 heterocycles. The molecular formula is C22H28N2O3. The number of amides is 1. The van der Waals surface area contributed by atoms with E-state index in [-0.39, 0.29) is 18.1 Å². The maximum atomic E-state index is 12.8.